The predicted octanol–water partition coefficient (Wildman–Crippen LogP) is -2.54. The summed E-state index contributed by atoms with van der Waals surface area (Å²) in [5, 5.41) is 37.7. The molecule has 0 aliphatic heterocycles. The Morgan fingerprint density at radius 3 is 1.95 bits per heavy atom. The summed E-state index contributed by atoms with van der Waals surface area (Å²) in [6.45, 7) is 1.45. The number of aliphatic hydroxyl groups excluding tert-OH is 2. The van der Waals surface area contributed by atoms with Crippen LogP contribution in [-0.4, -0.2) is 93.5 Å². The Labute approximate surface area is 236 Å². The number of aliphatic carboxylic acids is 1. The number of thiol groups is 1. The molecule has 9 N–H and O–H groups in total. The Balaban J connectivity index is 3.01. The van der Waals surface area contributed by atoms with Crippen LogP contribution in [0.1, 0.15) is 32.3 Å². The van der Waals surface area contributed by atoms with E-state index in [9.17, 15) is 39.0 Å². The molecule has 6 atom stereocenters. The summed E-state index contributed by atoms with van der Waals surface area (Å²) in [4.78, 5) is 73.5. The summed E-state index contributed by atoms with van der Waals surface area (Å²) in [6, 6.07) is 3.23. The van der Waals surface area contributed by atoms with Gasteiger partial charge in [-0.25, -0.2) is 0 Å². The number of carboxylic acids is 1. The highest BCUT2D eigenvalue weighted by molar-refractivity contribution is 7.80. The number of benzene rings is 1. The van der Waals surface area contributed by atoms with Crippen molar-refractivity contribution in [2.45, 2.75) is 63.4 Å². The number of nitrogens with two attached hydrogens (primary N) is 1. The number of carboxylic acid groups (broad SMARTS) is 1. The smallest absolute Gasteiger partial charge is 0.325 e. The second-order valence-electron chi connectivity index (χ2n) is 9.17. The van der Waals surface area contributed by atoms with Gasteiger partial charge in [0.05, 0.1) is 18.6 Å². The van der Waals surface area contributed by atoms with E-state index in [1.54, 1.807) is 0 Å². The number of hydrogen-bond donors (Lipinski definition) is 9. The molecule has 1 rings (SSSR count). The molecule has 5 amide bonds. The summed E-state index contributed by atoms with van der Waals surface area (Å²) in [6.07, 6.45) is -1.66. The molecule has 0 heterocycles. The van der Waals surface area contributed by atoms with Gasteiger partial charge in [0, 0.05) is 12.2 Å². The predicted molar refractivity (Wildman–Crippen MR) is 146 cm³/mol. The average Bonchev–Trinajstić information content (AvgIpc) is 2.90. The van der Waals surface area contributed by atoms with Gasteiger partial charge in [0.1, 0.15) is 24.2 Å². The van der Waals surface area contributed by atoms with Gasteiger partial charge in [-0.2, -0.15) is 12.6 Å². The molecule has 0 saturated heterocycles. The molecule has 14 nitrogen and oxygen atoms in total. The lowest BCUT2D eigenvalue weighted by molar-refractivity contribution is -0.142. The number of rotatable bonds is 17. The lowest BCUT2D eigenvalue weighted by Gasteiger charge is -2.27. The zero-order chi connectivity index (χ0) is 30.4. The van der Waals surface area contributed by atoms with Crippen molar-refractivity contribution in [1.29, 1.82) is 0 Å². The molecule has 0 radical (unpaired) electrons. The van der Waals surface area contributed by atoms with E-state index in [2.05, 4.69) is 33.9 Å². The lowest BCUT2D eigenvalue weighted by atomic mass is 9.99. The monoisotopic (exact) mass is 583 g/mol. The van der Waals surface area contributed by atoms with Crippen molar-refractivity contribution in [3.05, 3.63) is 35.9 Å². The molecule has 0 aromatic heterocycles. The zero-order valence-electron chi connectivity index (χ0n) is 22.2. The van der Waals surface area contributed by atoms with E-state index in [0.717, 1.165) is 5.56 Å². The number of hydrogen-bond acceptors (Lipinski definition) is 9. The van der Waals surface area contributed by atoms with Crippen molar-refractivity contribution in [2.24, 2.45) is 11.7 Å². The van der Waals surface area contributed by atoms with Gasteiger partial charge in [-0.1, -0.05) is 30.3 Å². The molecule has 222 valence electrons. The zero-order valence-corrected chi connectivity index (χ0v) is 23.1. The van der Waals surface area contributed by atoms with Crippen LogP contribution < -0.4 is 27.0 Å². The Hall–Kier alpha value is -3.69. The van der Waals surface area contributed by atoms with E-state index in [0.29, 0.717) is 6.42 Å². The van der Waals surface area contributed by atoms with Crippen LogP contribution >= 0.6 is 12.6 Å². The summed E-state index contributed by atoms with van der Waals surface area (Å²) in [5.41, 5.74) is 6.07. The summed E-state index contributed by atoms with van der Waals surface area (Å²) in [7, 11) is 0. The Morgan fingerprint density at radius 1 is 0.875 bits per heavy atom. The molecule has 0 spiro atoms. The van der Waals surface area contributed by atoms with Crippen molar-refractivity contribution in [3.63, 3.8) is 0 Å². The van der Waals surface area contributed by atoms with Gasteiger partial charge in [-0.3, -0.25) is 28.8 Å². The third-order valence-electron chi connectivity index (χ3n) is 5.84. The average molecular weight is 584 g/mol. The number of carbonyl (C=O) groups is 6. The maximum atomic E-state index is 13.1. The highest BCUT2D eigenvalue weighted by Crippen LogP contribution is 2.12. The van der Waals surface area contributed by atoms with E-state index in [4.69, 9.17) is 10.8 Å². The number of carbonyl (C=O) groups excluding carboxylic acids is 5. The van der Waals surface area contributed by atoms with E-state index >= 15 is 0 Å². The molecular weight excluding hydrogens is 546 g/mol. The van der Waals surface area contributed by atoms with Crippen LogP contribution in [0.2, 0.25) is 0 Å². The van der Waals surface area contributed by atoms with Gasteiger partial charge in [-0.05, 0) is 32.3 Å². The van der Waals surface area contributed by atoms with E-state index in [1.807, 2.05) is 30.3 Å². The van der Waals surface area contributed by atoms with Crippen LogP contribution in [0.4, 0.5) is 0 Å². The number of primary amides is 1. The molecule has 40 heavy (non-hydrogen) atoms. The molecule has 0 fully saturated rings. The lowest BCUT2D eigenvalue weighted by Crippen LogP contribution is -2.61. The summed E-state index contributed by atoms with van der Waals surface area (Å²) in [5.74, 6) is -6.11. The highest BCUT2D eigenvalue weighted by Gasteiger charge is 2.33. The molecule has 0 aliphatic rings. The van der Waals surface area contributed by atoms with Crippen molar-refractivity contribution >= 4 is 48.1 Å². The van der Waals surface area contributed by atoms with Crippen LogP contribution in [0.3, 0.4) is 0 Å². The van der Waals surface area contributed by atoms with E-state index < -0.39 is 78.3 Å². The van der Waals surface area contributed by atoms with Gasteiger partial charge in [0.2, 0.25) is 29.5 Å². The molecule has 0 bridgehead atoms. The van der Waals surface area contributed by atoms with Crippen LogP contribution in [0.5, 0.6) is 0 Å². The quantitative estimate of drug-likeness (QED) is 0.0877. The number of aliphatic hydroxyl groups is 2. The van der Waals surface area contributed by atoms with Crippen molar-refractivity contribution in [3.8, 4) is 0 Å². The minimum atomic E-state index is -1.65. The third kappa shape index (κ3) is 11.6. The molecule has 0 saturated carbocycles. The van der Waals surface area contributed by atoms with Gasteiger partial charge < -0.3 is 42.3 Å². The molecule has 1 aromatic carbocycles. The third-order valence-corrected chi connectivity index (χ3v) is 6.28. The number of nitrogens with one attached hydrogen (secondary N) is 4. The highest BCUT2D eigenvalue weighted by atomic mass is 32.1. The first-order valence-corrected chi connectivity index (χ1v) is 13.1. The Morgan fingerprint density at radius 2 is 1.45 bits per heavy atom. The number of amides is 5. The van der Waals surface area contributed by atoms with Crippen molar-refractivity contribution < 1.29 is 44.1 Å². The topological polar surface area (TPSA) is 237 Å². The molecule has 1 unspecified atom stereocenters. The standard InChI is InChI=1S/C25H37N5O9S/c1-13(25(38)39)27-23(36)18(11-31)29-24(37)20(14(2)32)30-22(35)17(8-9-19(26)33)28-21(34)16(12-40)10-15-6-4-3-5-7-15/h3-7,13-14,16-18,20,31-32,40H,8-12H2,1-2H3,(H2,26,33)(H,27,36)(H,28,34)(H,29,37)(H,30,35)(H,38,39)/t13-,14+,16?,17-,18-,20-/m0/s1. The van der Waals surface area contributed by atoms with Crippen molar-refractivity contribution in [2.75, 3.05) is 12.4 Å². The van der Waals surface area contributed by atoms with E-state index in [1.165, 1.54) is 13.8 Å². The maximum absolute atomic E-state index is 13.1. The SMILES string of the molecule is C[C@H](NC(=O)[C@H](CO)NC(=O)[C@@H](NC(=O)[C@H](CCC(N)=O)NC(=O)C(CS)Cc1ccccc1)[C@@H](C)O)C(=O)O. The first-order chi connectivity index (χ1) is 18.8. The van der Waals surface area contributed by atoms with Crippen LogP contribution in [0, 0.1) is 5.92 Å². The van der Waals surface area contributed by atoms with Gasteiger partial charge in [-0.15, -0.1) is 0 Å². The van der Waals surface area contributed by atoms with Crippen LogP contribution in [0.15, 0.2) is 30.3 Å². The molecular formula is C25H37N5O9S. The Kier molecular flexibility index (Phi) is 14.7. The van der Waals surface area contributed by atoms with Crippen LogP contribution in [-0.2, 0) is 35.2 Å². The largest absolute Gasteiger partial charge is 0.480 e. The van der Waals surface area contributed by atoms with Crippen molar-refractivity contribution in [1.82, 2.24) is 21.3 Å². The fraction of sp³-hybridized carbons (Fsp3) is 0.520. The summed E-state index contributed by atoms with van der Waals surface area (Å²) >= 11 is 4.24. The minimum absolute atomic E-state index is 0.148. The first kappa shape index (κ1) is 34.3. The second-order valence-corrected chi connectivity index (χ2v) is 9.54. The minimum Gasteiger partial charge on any atom is -0.480 e. The molecule has 15 heteroatoms. The van der Waals surface area contributed by atoms with Crippen LogP contribution in [0.25, 0.3) is 0 Å². The fourth-order valence-corrected chi connectivity index (χ4v) is 3.77. The normalized spacial score (nSPS) is 15.3. The van der Waals surface area contributed by atoms with Gasteiger partial charge in [0.25, 0.3) is 0 Å². The second kappa shape index (κ2) is 17.1. The molecule has 0 aliphatic carbocycles. The molecule has 1 aromatic rings. The fourth-order valence-electron chi connectivity index (χ4n) is 3.47. The first-order valence-electron chi connectivity index (χ1n) is 12.5. The maximum Gasteiger partial charge on any atom is 0.325 e. The van der Waals surface area contributed by atoms with E-state index in [-0.39, 0.29) is 18.6 Å². The van der Waals surface area contributed by atoms with Gasteiger partial charge in [0.15, 0.2) is 0 Å². The summed E-state index contributed by atoms with van der Waals surface area (Å²) < 4.78 is 0. The van der Waals surface area contributed by atoms with Gasteiger partial charge >= 0.3 is 5.97 Å². The Bertz CT molecular complexity index is 1040.